The van der Waals surface area contributed by atoms with Gasteiger partial charge in [0.15, 0.2) is 0 Å². The van der Waals surface area contributed by atoms with Crippen molar-refractivity contribution >= 4 is 46.8 Å². The molecule has 0 saturated carbocycles. The second kappa shape index (κ2) is 7.05. The average molecular weight is 395 g/mol. The summed E-state index contributed by atoms with van der Waals surface area (Å²) in [5.41, 5.74) is 4.51. The molecule has 0 fully saturated rings. The summed E-state index contributed by atoms with van der Waals surface area (Å²) in [6, 6.07) is 34.1. The van der Waals surface area contributed by atoms with Crippen molar-refractivity contribution in [3.05, 3.63) is 97.1 Å². The minimum absolute atomic E-state index is 0.955. The van der Waals surface area contributed by atoms with Crippen molar-refractivity contribution in [2.24, 2.45) is 0 Å². The van der Waals surface area contributed by atoms with Gasteiger partial charge in [-0.2, -0.15) is 0 Å². The summed E-state index contributed by atoms with van der Waals surface area (Å²) in [4.78, 5) is 1.91. The Morgan fingerprint density at radius 3 is 1.21 bits per heavy atom. The summed E-state index contributed by atoms with van der Waals surface area (Å²) in [6.07, 6.45) is 0. The third-order valence-electron chi connectivity index (χ3n) is 5.23. The third kappa shape index (κ3) is 3.09. The smallest absolute Gasteiger partial charge is 0.0126 e. The lowest BCUT2D eigenvalue weighted by Crippen LogP contribution is -1.87. The molecule has 0 spiro atoms. The lowest BCUT2D eigenvalue weighted by Gasteiger charge is -2.13. The van der Waals surface area contributed by atoms with Gasteiger partial charge in [0, 0.05) is 9.79 Å². The number of benzene rings is 5. The van der Waals surface area contributed by atoms with E-state index in [9.17, 15) is 0 Å². The van der Waals surface area contributed by atoms with E-state index in [1.807, 2.05) is 0 Å². The van der Waals surface area contributed by atoms with Gasteiger partial charge in [-0.15, -0.1) is 25.3 Å². The molecule has 0 heterocycles. The standard InChI is InChI=1S/C26H18S2/c27-25-16-24(22-12-10-18-6-2-4-8-20(18)14-22)26(28)15-23(25)21-11-9-17-5-1-3-7-19(17)13-21/h1-16,27-28H. The molecule has 2 heteroatoms. The van der Waals surface area contributed by atoms with Crippen LogP contribution in [0, 0.1) is 0 Å². The molecular weight excluding hydrogens is 376 g/mol. The van der Waals surface area contributed by atoms with Gasteiger partial charge < -0.3 is 0 Å². The van der Waals surface area contributed by atoms with Crippen LogP contribution in [0.4, 0.5) is 0 Å². The van der Waals surface area contributed by atoms with Crippen molar-refractivity contribution in [1.82, 2.24) is 0 Å². The summed E-state index contributed by atoms with van der Waals surface area (Å²) in [5, 5.41) is 4.94. The molecule has 0 aliphatic carbocycles. The Morgan fingerprint density at radius 2 is 0.786 bits per heavy atom. The number of fused-ring (bicyclic) bond motifs is 2. The highest BCUT2D eigenvalue weighted by Gasteiger charge is 2.11. The normalized spacial score (nSPS) is 11.2. The van der Waals surface area contributed by atoms with E-state index < -0.39 is 0 Å². The molecule has 0 bridgehead atoms. The van der Waals surface area contributed by atoms with Crippen molar-refractivity contribution in [3.63, 3.8) is 0 Å². The van der Waals surface area contributed by atoms with E-state index in [0.29, 0.717) is 0 Å². The fourth-order valence-electron chi connectivity index (χ4n) is 3.75. The molecule has 0 radical (unpaired) electrons. The molecule has 28 heavy (non-hydrogen) atoms. The van der Waals surface area contributed by atoms with E-state index in [0.717, 1.165) is 32.0 Å². The molecule has 0 saturated heterocycles. The van der Waals surface area contributed by atoms with Gasteiger partial charge in [-0.25, -0.2) is 0 Å². The minimum atomic E-state index is 0.955. The van der Waals surface area contributed by atoms with E-state index in [-0.39, 0.29) is 0 Å². The van der Waals surface area contributed by atoms with E-state index in [4.69, 9.17) is 25.3 Å². The first-order valence-electron chi connectivity index (χ1n) is 9.23. The van der Waals surface area contributed by atoms with Crippen LogP contribution in [0.15, 0.2) is 107 Å². The van der Waals surface area contributed by atoms with Crippen LogP contribution in [0.3, 0.4) is 0 Å². The van der Waals surface area contributed by atoms with Crippen LogP contribution in [0.25, 0.3) is 43.8 Å². The van der Waals surface area contributed by atoms with Crippen LogP contribution >= 0.6 is 25.3 Å². The number of rotatable bonds is 2. The van der Waals surface area contributed by atoms with E-state index in [2.05, 4.69) is 97.1 Å². The summed E-state index contributed by atoms with van der Waals surface area (Å²) < 4.78 is 0. The predicted molar refractivity (Wildman–Crippen MR) is 127 cm³/mol. The Labute approximate surface area is 175 Å². The molecule has 0 amide bonds. The molecule has 0 aliphatic rings. The molecule has 0 N–H and O–H groups in total. The van der Waals surface area contributed by atoms with Crippen molar-refractivity contribution in [2.45, 2.75) is 9.79 Å². The minimum Gasteiger partial charge on any atom is -0.143 e. The highest BCUT2D eigenvalue weighted by Crippen LogP contribution is 2.37. The molecule has 0 aliphatic heterocycles. The van der Waals surface area contributed by atoms with Crippen LogP contribution in [0.2, 0.25) is 0 Å². The van der Waals surface area contributed by atoms with E-state index in [1.54, 1.807) is 0 Å². The summed E-state index contributed by atoms with van der Waals surface area (Å²) in [5.74, 6) is 0. The van der Waals surface area contributed by atoms with E-state index >= 15 is 0 Å². The highest BCUT2D eigenvalue weighted by molar-refractivity contribution is 7.81. The monoisotopic (exact) mass is 394 g/mol. The van der Waals surface area contributed by atoms with Gasteiger partial charge in [0.25, 0.3) is 0 Å². The quantitative estimate of drug-likeness (QED) is 0.279. The maximum Gasteiger partial charge on any atom is 0.0126 e. The maximum absolute atomic E-state index is 4.81. The number of hydrogen-bond donors (Lipinski definition) is 2. The van der Waals surface area contributed by atoms with Crippen molar-refractivity contribution in [3.8, 4) is 22.3 Å². The molecular formula is C26H18S2. The van der Waals surface area contributed by atoms with Crippen LogP contribution in [0.1, 0.15) is 0 Å². The molecule has 0 unspecified atom stereocenters. The van der Waals surface area contributed by atoms with Gasteiger partial charge in [-0.05, 0) is 68.1 Å². The fraction of sp³-hybridized carbons (Fsp3) is 0. The summed E-state index contributed by atoms with van der Waals surface area (Å²) in [6.45, 7) is 0. The Balaban J connectivity index is 1.62. The zero-order chi connectivity index (χ0) is 19.1. The molecule has 0 atom stereocenters. The summed E-state index contributed by atoms with van der Waals surface area (Å²) >= 11 is 9.62. The predicted octanol–water partition coefficient (Wildman–Crippen LogP) is 7.90. The molecule has 0 aromatic heterocycles. The van der Waals surface area contributed by atoms with Gasteiger partial charge >= 0.3 is 0 Å². The Bertz CT molecular complexity index is 1230. The SMILES string of the molecule is Sc1cc(-c2ccc3ccccc3c2)c(S)cc1-c1ccc2ccccc2c1. The van der Waals surface area contributed by atoms with Gasteiger partial charge in [0.2, 0.25) is 0 Å². The number of hydrogen-bond acceptors (Lipinski definition) is 2. The van der Waals surface area contributed by atoms with Crippen molar-refractivity contribution in [1.29, 1.82) is 0 Å². The average Bonchev–Trinajstić information content (AvgIpc) is 2.74. The molecule has 5 rings (SSSR count). The van der Waals surface area contributed by atoms with Crippen LogP contribution in [0.5, 0.6) is 0 Å². The fourth-order valence-corrected chi connectivity index (χ4v) is 4.40. The molecule has 0 nitrogen and oxygen atoms in total. The van der Waals surface area contributed by atoms with E-state index in [1.165, 1.54) is 21.5 Å². The first kappa shape index (κ1) is 17.4. The first-order chi connectivity index (χ1) is 13.7. The lowest BCUT2D eigenvalue weighted by molar-refractivity contribution is 1.36. The second-order valence-electron chi connectivity index (χ2n) is 7.01. The Hall–Kier alpha value is -2.68. The van der Waals surface area contributed by atoms with Gasteiger partial charge in [0.05, 0.1) is 0 Å². The Morgan fingerprint density at radius 1 is 0.393 bits per heavy atom. The maximum atomic E-state index is 4.81. The third-order valence-corrected chi connectivity index (χ3v) is 5.97. The largest absolute Gasteiger partial charge is 0.143 e. The molecule has 5 aromatic carbocycles. The van der Waals surface area contributed by atoms with Crippen LogP contribution < -0.4 is 0 Å². The zero-order valence-electron chi connectivity index (χ0n) is 15.1. The van der Waals surface area contributed by atoms with Crippen LogP contribution in [-0.4, -0.2) is 0 Å². The van der Waals surface area contributed by atoms with Crippen LogP contribution in [-0.2, 0) is 0 Å². The second-order valence-corrected chi connectivity index (χ2v) is 7.97. The molecule has 5 aromatic rings. The van der Waals surface area contributed by atoms with Gasteiger partial charge in [-0.3, -0.25) is 0 Å². The molecule has 134 valence electrons. The summed E-state index contributed by atoms with van der Waals surface area (Å²) in [7, 11) is 0. The first-order valence-corrected chi connectivity index (χ1v) is 10.1. The zero-order valence-corrected chi connectivity index (χ0v) is 16.9. The highest BCUT2D eigenvalue weighted by atomic mass is 32.1. The van der Waals surface area contributed by atoms with Gasteiger partial charge in [0.1, 0.15) is 0 Å². The Kier molecular flexibility index (Phi) is 4.38. The lowest BCUT2D eigenvalue weighted by atomic mass is 9.97. The van der Waals surface area contributed by atoms with Crippen molar-refractivity contribution < 1.29 is 0 Å². The van der Waals surface area contributed by atoms with Crippen molar-refractivity contribution in [2.75, 3.05) is 0 Å². The number of thiol groups is 2. The van der Waals surface area contributed by atoms with Gasteiger partial charge in [-0.1, -0.05) is 72.8 Å². The topological polar surface area (TPSA) is 0 Å².